The fourth-order valence-electron chi connectivity index (χ4n) is 3.69. The monoisotopic (exact) mass is 490 g/mol. The minimum atomic E-state index is -3.93. The lowest BCUT2D eigenvalue weighted by Gasteiger charge is -2.16. The molecule has 0 radical (unpaired) electrons. The highest BCUT2D eigenvalue weighted by Crippen LogP contribution is 2.34. The average molecular weight is 491 g/mol. The van der Waals surface area contributed by atoms with Gasteiger partial charge in [-0.05, 0) is 55.0 Å². The van der Waals surface area contributed by atoms with Gasteiger partial charge in [-0.3, -0.25) is 9.52 Å². The van der Waals surface area contributed by atoms with Crippen LogP contribution in [0.15, 0.2) is 90.3 Å². The first-order chi connectivity index (χ1) is 16.9. The van der Waals surface area contributed by atoms with Crippen molar-refractivity contribution in [3.8, 4) is 17.2 Å². The number of anilines is 1. The largest absolute Gasteiger partial charge is 0.454 e. The summed E-state index contributed by atoms with van der Waals surface area (Å²) in [7, 11) is -3.93. The second-order valence-electron chi connectivity index (χ2n) is 7.96. The number of hydrogen-bond acceptors (Lipinski definition) is 6. The molecule has 0 spiro atoms. The van der Waals surface area contributed by atoms with Crippen LogP contribution in [0.2, 0.25) is 0 Å². The number of imidazole rings is 1. The lowest BCUT2D eigenvalue weighted by atomic mass is 10.1. The van der Waals surface area contributed by atoms with Crippen molar-refractivity contribution in [2.24, 2.45) is 0 Å². The van der Waals surface area contributed by atoms with Crippen molar-refractivity contribution in [2.75, 3.05) is 11.5 Å². The maximum Gasteiger partial charge on any atom is 0.261 e. The number of aromatic nitrogens is 2. The summed E-state index contributed by atoms with van der Waals surface area (Å²) in [4.78, 5) is 16.9. The minimum Gasteiger partial charge on any atom is -0.454 e. The zero-order valence-electron chi connectivity index (χ0n) is 18.7. The molecular formula is C25H22N4O5S. The summed E-state index contributed by atoms with van der Waals surface area (Å²) < 4.78 is 40.8. The van der Waals surface area contributed by atoms with Crippen LogP contribution in [-0.4, -0.2) is 30.7 Å². The van der Waals surface area contributed by atoms with Gasteiger partial charge in [-0.25, -0.2) is 13.4 Å². The molecule has 35 heavy (non-hydrogen) atoms. The highest BCUT2D eigenvalue weighted by atomic mass is 32.2. The van der Waals surface area contributed by atoms with E-state index in [-0.39, 0.29) is 29.2 Å². The van der Waals surface area contributed by atoms with Gasteiger partial charge in [0.2, 0.25) is 6.79 Å². The number of carbonyl (C=O) groups is 1. The molecule has 3 aromatic carbocycles. The molecule has 9 nitrogen and oxygen atoms in total. The van der Waals surface area contributed by atoms with Crippen molar-refractivity contribution in [2.45, 2.75) is 17.9 Å². The Kier molecular flexibility index (Phi) is 5.87. The Hall–Kier alpha value is -4.31. The Bertz CT molecular complexity index is 1470. The number of hydrogen-bond donors (Lipinski definition) is 2. The second-order valence-corrected chi connectivity index (χ2v) is 9.64. The predicted molar refractivity (Wildman–Crippen MR) is 129 cm³/mol. The third-order valence-corrected chi connectivity index (χ3v) is 6.95. The fraction of sp³-hybridized carbons (Fsp3) is 0.120. The summed E-state index contributed by atoms with van der Waals surface area (Å²) in [5.41, 5.74) is 2.44. The van der Waals surface area contributed by atoms with Gasteiger partial charge in [-0.1, -0.05) is 18.2 Å². The van der Waals surface area contributed by atoms with Gasteiger partial charge < -0.3 is 19.4 Å². The zero-order chi connectivity index (χ0) is 24.4. The van der Waals surface area contributed by atoms with E-state index >= 15 is 0 Å². The number of amides is 1. The van der Waals surface area contributed by atoms with Gasteiger partial charge in [0.15, 0.2) is 11.5 Å². The van der Waals surface area contributed by atoms with E-state index in [2.05, 4.69) is 15.0 Å². The summed E-state index contributed by atoms with van der Waals surface area (Å²) in [5, 5.41) is 2.92. The molecule has 0 fully saturated rings. The van der Waals surface area contributed by atoms with Crippen molar-refractivity contribution in [1.29, 1.82) is 0 Å². The molecule has 0 saturated heterocycles. The van der Waals surface area contributed by atoms with E-state index in [1.54, 1.807) is 36.8 Å². The molecule has 0 aliphatic carbocycles. The molecule has 1 atom stereocenters. The molecular weight excluding hydrogens is 468 g/mol. The quantitative estimate of drug-likeness (QED) is 0.407. The number of carbonyl (C=O) groups excluding carboxylic acids is 1. The smallest absolute Gasteiger partial charge is 0.261 e. The van der Waals surface area contributed by atoms with Crippen LogP contribution in [0.1, 0.15) is 28.9 Å². The van der Waals surface area contributed by atoms with E-state index in [9.17, 15) is 13.2 Å². The van der Waals surface area contributed by atoms with Crippen LogP contribution >= 0.6 is 0 Å². The van der Waals surface area contributed by atoms with Crippen molar-refractivity contribution in [3.05, 3.63) is 96.6 Å². The van der Waals surface area contributed by atoms with E-state index in [1.807, 2.05) is 42.0 Å². The van der Waals surface area contributed by atoms with Gasteiger partial charge in [-0.15, -0.1) is 0 Å². The van der Waals surface area contributed by atoms with Gasteiger partial charge in [0.25, 0.3) is 15.9 Å². The first-order valence-electron chi connectivity index (χ1n) is 10.8. The van der Waals surface area contributed by atoms with E-state index in [0.29, 0.717) is 17.2 Å². The molecule has 10 heteroatoms. The van der Waals surface area contributed by atoms with Crippen LogP contribution in [0.25, 0.3) is 5.69 Å². The number of benzene rings is 3. The first kappa shape index (κ1) is 22.5. The van der Waals surface area contributed by atoms with Crippen LogP contribution < -0.4 is 19.5 Å². The summed E-state index contributed by atoms with van der Waals surface area (Å²) in [6.07, 6.45) is 5.26. The van der Waals surface area contributed by atoms with E-state index in [4.69, 9.17) is 9.47 Å². The third kappa shape index (κ3) is 4.82. The van der Waals surface area contributed by atoms with Gasteiger partial charge >= 0.3 is 0 Å². The number of rotatable bonds is 7. The van der Waals surface area contributed by atoms with Crippen LogP contribution in [0, 0.1) is 0 Å². The molecule has 1 aromatic heterocycles. The first-order valence-corrected chi connectivity index (χ1v) is 12.3. The second kappa shape index (κ2) is 9.15. The van der Waals surface area contributed by atoms with E-state index in [0.717, 1.165) is 11.3 Å². The Morgan fingerprint density at radius 2 is 1.83 bits per heavy atom. The van der Waals surface area contributed by atoms with Gasteiger partial charge in [0, 0.05) is 29.7 Å². The van der Waals surface area contributed by atoms with Crippen molar-refractivity contribution in [1.82, 2.24) is 14.9 Å². The molecule has 178 valence electrons. The van der Waals surface area contributed by atoms with Crippen molar-refractivity contribution in [3.63, 3.8) is 0 Å². The van der Waals surface area contributed by atoms with Crippen LogP contribution in [0.5, 0.6) is 11.5 Å². The van der Waals surface area contributed by atoms with Crippen LogP contribution in [0.4, 0.5) is 5.69 Å². The number of nitrogens with zero attached hydrogens (tertiary/aromatic N) is 2. The highest BCUT2D eigenvalue weighted by Gasteiger charge is 2.20. The summed E-state index contributed by atoms with van der Waals surface area (Å²) in [6, 6.07) is 18.1. The van der Waals surface area contributed by atoms with E-state index < -0.39 is 10.0 Å². The van der Waals surface area contributed by atoms with Gasteiger partial charge in [0.05, 0.1) is 23.0 Å². The average Bonchev–Trinajstić information content (AvgIpc) is 3.56. The molecule has 1 aliphatic heterocycles. The highest BCUT2D eigenvalue weighted by molar-refractivity contribution is 7.92. The van der Waals surface area contributed by atoms with Crippen LogP contribution in [0.3, 0.4) is 0 Å². The van der Waals surface area contributed by atoms with Crippen molar-refractivity contribution >= 4 is 21.6 Å². The SMILES string of the molecule is C[C@@H](NC(=O)c1cccc(S(=O)(=O)Nc2ccc3c(c2)OCO3)c1)c1ccc(-n2ccnc2)cc1. The van der Waals surface area contributed by atoms with Gasteiger partial charge in [-0.2, -0.15) is 0 Å². The molecule has 4 aromatic rings. The normalized spacial score (nSPS) is 13.3. The Morgan fingerprint density at radius 3 is 2.60 bits per heavy atom. The zero-order valence-corrected chi connectivity index (χ0v) is 19.5. The number of sulfonamides is 1. The molecule has 2 N–H and O–H groups in total. The molecule has 1 aliphatic rings. The summed E-state index contributed by atoms with van der Waals surface area (Å²) >= 11 is 0. The number of fused-ring (bicyclic) bond motifs is 1. The molecule has 0 saturated carbocycles. The lowest BCUT2D eigenvalue weighted by molar-refractivity contribution is 0.0939. The standard InChI is InChI=1S/C25H22N4O5S/c1-17(18-5-8-21(9-6-18)29-12-11-26-15-29)27-25(30)19-3-2-4-22(13-19)35(31,32)28-20-7-10-23-24(14-20)34-16-33-23/h2-15,17,28H,16H2,1H3,(H,27,30)/t17-/m1/s1. The molecule has 0 bridgehead atoms. The predicted octanol–water partition coefficient (Wildman–Crippen LogP) is 3.89. The van der Waals surface area contributed by atoms with Crippen LogP contribution in [-0.2, 0) is 10.0 Å². The number of nitrogens with one attached hydrogen (secondary N) is 2. The Morgan fingerprint density at radius 1 is 1.03 bits per heavy atom. The lowest BCUT2D eigenvalue weighted by Crippen LogP contribution is -2.27. The fourth-order valence-corrected chi connectivity index (χ4v) is 4.78. The number of ether oxygens (including phenoxy) is 2. The minimum absolute atomic E-state index is 0.0276. The molecule has 5 rings (SSSR count). The third-order valence-electron chi connectivity index (χ3n) is 5.57. The molecule has 1 amide bonds. The van der Waals surface area contributed by atoms with Gasteiger partial charge in [0.1, 0.15) is 0 Å². The maximum absolute atomic E-state index is 12.9. The molecule has 2 heterocycles. The van der Waals surface area contributed by atoms with Crippen molar-refractivity contribution < 1.29 is 22.7 Å². The topological polar surface area (TPSA) is 112 Å². The van der Waals surface area contributed by atoms with E-state index in [1.165, 1.54) is 18.2 Å². The Balaban J connectivity index is 1.28. The molecule has 0 unspecified atom stereocenters. The summed E-state index contributed by atoms with van der Waals surface area (Å²) in [6.45, 7) is 1.96. The maximum atomic E-state index is 12.9. The Labute approximate surface area is 202 Å². The summed E-state index contributed by atoms with van der Waals surface area (Å²) in [5.74, 6) is 0.638.